The van der Waals surface area contributed by atoms with Gasteiger partial charge in [-0.1, -0.05) is 13.8 Å². The Bertz CT molecular complexity index is 397. The van der Waals surface area contributed by atoms with Gasteiger partial charge in [-0.15, -0.1) is 0 Å². The van der Waals surface area contributed by atoms with Crippen LogP contribution in [0, 0.1) is 17.0 Å². The first kappa shape index (κ1) is 12.8. The van der Waals surface area contributed by atoms with Crippen molar-refractivity contribution >= 4 is 5.78 Å². The van der Waals surface area contributed by atoms with E-state index in [9.17, 15) is 13.6 Å². The molecule has 0 aliphatic carbocycles. The van der Waals surface area contributed by atoms with Crippen molar-refractivity contribution in [3.05, 3.63) is 35.4 Å². The van der Waals surface area contributed by atoms with Gasteiger partial charge >= 0.3 is 0 Å². The summed E-state index contributed by atoms with van der Waals surface area (Å²) in [5.74, 6) is -0.810. The fourth-order valence-electron chi connectivity index (χ4n) is 1.93. The molecule has 0 unspecified atom stereocenters. The number of hydrogen-bond donors (Lipinski definition) is 0. The van der Waals surface area contributed by atoms with E-state index in [1.807, 2.05) is 13.8 Å². The van der Waals surface area contributed by atoms with Crippen molar-refractivity contribution in [3.8, 4) is 0 Å². The largest absolute Gasteiger partial charge is 0.300 e. The Hall–Kier alpha value is -1.25. The van der Waals surface area contributed by atoms with Gasteiger partial charge in [0.15, 0.2) is 0 Å². The molecule has 1 aromatic rings. The second kappa shape index (κ2) is 4.73. The molecule has 0 radical (unpaired) electrons. The minimum Gasteiger partial charge on any atom is -0.300 e. The Morgan fingerprint density at radius 2 is 1.94 bits per heavy atom. The van der Waals surface area contributed by atoms with Crippen molar-refractivity contribution in [2.45, 2.75) is 33.6 Å². The van der Waals surface area contributed by atoms with Crippen LogP contribution in [0.5, 0.6) is 0 Å². The van der Waals surface area contributed by atoms with E-state index in [2.05, 4.69) is 0 Å². The third-order valence-electron chi connectivity index (χ3n) is 2.40. The Morgan fingerprint density at radius 1 is 1.31 bits per heavy atom. The smallest absolute Gasteiger partial charge is 0.130 e. The Morgan fingerprint density at radius 3 is 2.50 bits per heavy atom. The summed E-state index contributed by atoms with van der Waals surface area (Å²) in [5, 5.41) is 0. The summed E-state index contributed by atoms with van der Waals surface area (Å²) >= 11 is 0. The fourth-order valence-corrected chi connectivity index (χ4v) is 1.93. The molecule has 0 amide bonds. The van der Waals surface area contributed by atoms with E-state index >= 15 is 0 Å². The van der Waals surface area contributed by atoms with Gasteiger partial charge in [-0.05, 0) is 42.5 Å². The maximum atomic E-state index is 13.4. The van der Waals surface area contributed by atoms with Crippen LogP contribution in [-0.4, -0.2) is 5.78 Å². The summed E-state index contributed by atoms with van der Waals surface area (Å²) in [6, 6.07) is 3.41. The molecule has 0 fully saturated rings. The van der Waals surface area contributed by atoms with Crippen molar-refractivity contribution in [3.63, 3.8) is 0 Å². The van der Waals surface area contributed by atoms with E-state index < -0.39 is 11.6 Å². The third-order valence-corrected chi connectivity index (χ3v) is 2.40. The number of carbonyl (C=O) groups excluding carboxylic acids is 1. The first-order chi connectivity index (χ1) is 7.30. The molecule has 0 atom stereocenters. The number of ketones is 1. The summed E-state index contributed by atoms with van der Waals surface area (Å²) in [4.78, 5) is 11.0. The number of Topliss-reactive ketones (excluding diaryl/α,β-unsaturated/α-hetero) is 1. The van der Waals surface area contributed by atoms with Gasteiger partial charge in [0, 0.05) is 6.42 Å². The van der Waals surface area contributed by atoms with Crippen molar-refractivity contribution in [2.75, 3.05) is 0 Å². The molecular weight excluding hydrogens is 210 g/mol. The fraction of sp³-hybridized carbons (Fsp3) is 0.462. The molecule has 0 saturated heterocycles. The van der Waals surface area contributed by atoms with E-state index in [1.165, 1.54) is 13.0 Å². The van der Waals surface area contributed by atoms with Crippen molar-refractivity contribution in [2.24, 2.45) is 5.41 Å². The lowest BCUT2D eigenvalue weighted by atomic mass is 9.81. The highest BCUT2D eigenvalue weighted by atomic mass is 19.1. The van der Waals surface area contributed by atoms with Gasteiger partial charge in [0.25, 0.3) is 0 Å². The van der Waals surface area contributed by atoms with E-state index in [0.29, 0.717) is 18.4 Å². The first-order valence-corrected chi connectivity index (χ1v) is 5.23. The van der Waals surface area contributed by atoms with Crippen LogP contribution in [-0.2, 0) is 11.2 Å². The van der Waals surface area contributed by atoms with E-state index in [-0.39, 0.29) is 11.2 Å². The van der Waals surface area contributed by atoms with Crippen LogP contribution in [0.15, 0.2) is 18.2 Å². The quantitative estimate of drug-likeness (QED) is 0.767. The highest BCUT2D eigenvalue weighted by molar-refractivity contribution is 5.76. The number of hydrogen-bond acceptors (Lipinski definition) is 1. The molecule has 0 spiro atoms. The average Bonchev–Trinajstić information content (AvgIpc) is 2.08. The molecule has 0 aliphatic heterocycles. The molecule has 0 aromatic heterocycles. The predicted molar refractivity (Wildman–Crippen MR) is 59.1 cm³/mol. The highest BCUT2D eigenvalue weighted by Crippen LogP contribution is 2.27. The SMILES string of the molecule is CC(=O)CC(C)(C)Cc1cc(F)ccc1F. The second-order valence-electron chi connectivity index (χ2n) is 4.96. The lowest BCUT2D eigenvalue weighted by Crippen LogP contribution is -2.19. The summed E-state index contributed by atoms with van der Waals surface area (Å²) in [7, 11) is 0. The van der Waals surface area contributed by atoms with Crippen LogP contribution in [0.1, 0.15) is 32.8 Å². The monoisotopic (exact) mass is 226 g/mol. The van der Waals surface area contributed by atoms with Gasteiger partial charge in [0.2, 0.25) is 0 Å². The number of rotatable bonds is 4. The van der Waals surface area contributed by atoms with Crippen molar-refractivity contribution in [1.82, 2.24) is 0 Å². The molecular formula is C13H16F2O. The Kier molecular flexibility index (Phi) is 3.79. The zero-order valence-corrected chi connectivity index (χ0v) is 9.81. The molecule has 88 valence electrons. The van der Waals surface area contributed by atoms with Gasteiger partial charge < -0.3 is 4.79 Å². The summed E-state index contributed by atoms with van der Waals surface area (Å²) in [6.07, 6.45) is 0.721. The third kappa shape index (κ3) is 3.72. The van der Waals surface area contributed by atoms with Crippen LogP contribution >= 0.6 is 0 Å². The molecule has 0 heterocycles. The standard InChI is InChI=1S/C13H16F2O/c1-9(16)7-13(2,3)8-10-6-11(14)4-5-12(10)15/h4-6H,7-8H2,1-3H3. The number of carbonyl (C=O) groups is 1. The molecule has 1 rings (SSSR count). The van der Waals surface area contributed by atoms with Crippen LogP contribution in [0.3, 0.4) is 0 Å². The first-order valence-electron chi connectivity index (χ1n) is 5.23. The Balaban J connectivity index is 2.86. The molecule has 0 saturated carbocycles. The molecule has 0 aliphatic rings. The highest BCUT2D eigenvalue weighted by Gasteiger charge is 2.22. The van der Waals surface area contributed by atoms with Gasteiger partial charge in [0.1, 0.15) is 17.4 Å². The van der Waals surface area contributed by atoms with Gasteiger partial charge in [-0.2, -0.15) is 0 Å². The van der Waals surface area contributed by atoms with Gasteiger partial charge in [0.05, 0.1) is 0 Å². The molecule has 1 aromatic carbocycles. The molecule has 0 N–H and O–H groups in total. The van der Waals surface area contributed by atoms with E-state index in [1.54, 1.807) is 0 Å². The summed E-state index contributed by atoms with van der Waals surface area (Å²) in [6.45, 7) is 5.25. The van der Waals surface area contributed by atoms with Gasteiger partial charge in [-0.25, -0.2) is 8.78 Å². The number of benzene rings is 1. The lowest BCUT2D eigenvalue weighted by Gasteiger charge is -2.23. The van der Waals surface area contributed by atoms with Crippen molar-refractivity contribution < 1.29 is 13.6 Å². The number of halogens is 2. The van der Waals surface area contributed by atoms with Crippen LogP contribution in [0.2, 0.25) is 0 Å². The normalized spacial score (nSPS) is 11.6. The molecule has 1 nitrogen and oxygen atoms in total. The zero-order chi connectivity index (χ0) is 12.3. The Labute approximate surface area is 94.5 Å². The summed E-state index contributed by atoms with van der Waals surface area (Å²) in [5.41, 5.74) is -0.0215. The van der Waals surface area contributed by atoms with Crippen LogP contribution in [0.4, 0.5) is 8.78 Å². The van der Waals surface area contributed by atoms with E-state index in [0.717, 1.165) is 12.1 Å². The lowest BCUT2D eigenvalue weighted by molar-refractivity contribution is -0.118. The molecule has 0 bridgehead atoms. The predicted octanol–water partition coefficient (Wildman–Crippen LogP) is 3.51. The maximum Gasteiger partial charge on any atom is 0.130 e. The van der Waals surface area contributed by atoms with Crippen LogP contribution < -0.4 is 0 Å². The van der Waals surface area contributed by atoms with Gasteiger partial charge in [-0.3, -0.25) is 0 Å². The topological polar surface area (TPSA) is 17.1 Å². The average molecular weight is 226 g/mol. The molecule has 3 heteroatoms. The zero-order valence-electron chi connectivity index (χ0n) is 9.81. The van der Waals surface area contributed by atoms with Crippen LogP contribution in [0.25, 0.3) is 0 Å². The van der Waals surface area contributed by atoms with E-state index in [4.69, 9.17) is 0 Å². The summed E-state index contributed by atoms with van der Waals surface area (Å²) < 4.78 is 26.3. The minimum absolute atomic E-state index is 0.0572. The second-order valence-corrected chi connectivity index (χ2v) is 4.96. The maximum absolute atomic E-state index is 13.4. The van der Waals surface area contributed by atoms with Crippen molar-refractivity contribution in [1.29, 1.82) is 0 Å². The molecule has 16 heavy (non-hydrogen) atoms. The minimum atomic E-state index is -0.449.